The topological polar surface area (TPSA) is 70.1 Å². The molecule has 144 valence electrons. The molecule has 2 aromatic heterocycles. The second kappa shape index (κ2) is 7.68. The van der Waals surface area contributed by atoms with Crippen molar-refractivity contribution < 1.29 is 0 Å². The van der Waals surface area contributed by atoms with Crippen molar-refractivity contribution >= 4 is 12.1 Å². The molecule has 4 rings (SSSR count). The Bertz CT molecular complexity index is 864. The molecule has 0 saturated carbocycles. The van der Waals surface area contributed by atoms with E-state index < -0.39 is 0 Å². The number of aromatic nitrogens is 4. The molecule has 0 aromatic carbocycles. The van der Waals surface area contributed by atoms with Gasteiger partial charge in [0.25, 0.3) is 5.56 Å². The fourth-order valence-electron chi connectivity index (χ4n) is 4.23. The van der Waals surface area contributed by atoms with E-state index in [1.807, 2.05) is 10.9 Å². The van der Waals surface area contributed by atoms with E-state index in [0.29, 0.717) is 5.92 Å². The first-order valence-corrected chi connectivity index (χ1v) is 9.88. The summed E-state index contributed by atoms with van der Waals surface area (Å²) in [6.07, 6.45) is 8.20. The Morgan fingerprint density at radius 2 is 2.11 bits per heavy atom. The molecule has 7 nitrogen and oxygen atoms in total. The van der Waals surface area contributed by atoms with Gasteiger partial charge in [0, 0.05) is 55.6 Å². The number of H-pyrrole nitrogens is 1. The van der Waals surface area contributed by atoms with Gasteiger partial charge in [-0.05, 0) is 39.2 Å². The van der Waals surface area contributed by atoms with Crippen LogP contribution in [-0.4, -0.2) is 50.8 Å². The van der Waals surface area contributed by atoms with Gasteiger partial charge in [-0.3, -0.25) is 14.7 Å². The zero-order valence-electron chi connectivity index (χ0n) is 16.0. The van der Waals surface area contributed by atoms with Crippen LogP contribution in [0.15, 0.2) is 23.6 Å². The van der Waals surface area contributed by atoms with E-state index in [9.17, 15) is 4.79 Å². The van der Waals surface area contributed by atoms with Crippen LogP contribution in [0.4, 0.5) is 5.95 Å². The first kappa shape index (κ1) is 18.0. The number of nitrogens with zero attached hydrogens (tertiary/aromatic N) is 5. The van der Waals surface area contributed by atoms with Crippen LogP contribution in [0.2, 0.25) is 0 Å². The van der Waals surface area contributed by atoms with E-state index in [0.717, 1.165) is 62.9 Å². The molecule has 0 aliphatic carbocycles. The monoisotopic (exact) mass is 368 g/mol. The number of likely N-dealkylation sites (tertiary alicyclic amines) is 1. The summed E-state index contributed by atoms with van der Waals surface area (Å²) in [6.45, 7) is 10.7. The molecule has 1 N–H and O–H groups in total. The smallest absolute Gasteiger partial charge is 0.252 e. The maximum Gasteiger partial charge on any atom is 0.252 e. The molecule has 2 aliphatic rings. The number of aromatic amines is 1. The Balaban J connectivity index is 1.50. The van der Waals surface area contributed by atoms with Crippen LogP contribution in [0.5, 0.6) is 0 Å². The van der Waals surface area contributed by atoms with Crippen molar-refractivity contribution in [3.63, 3.8) is 0 Å². The van der Waals surface area contributed by atoms with Crippen LogP contribution in [0.25, 0.3) is 6.20 Å². The van der Waals surface area contributed by atoms with E-state index in [2.05, 4.69) is 33.4 Å². The lowest BCUT2D eigenvalue weighted by atomic mass is 9.94. The number of hydrogen-bond acceptors (Lipinski definition) is 5. The minimum Gasteiger partial charge on any atom is -0.342 e. The second-order valence-corrected chi connectivity index (χ2v) is 7.64. The Hall–Kier alpha value is -2.41. The van der Waals surface area contributed by atoms with Gasteiger partial charge in [0.2, 0.25) is 5.95 Å². The predicted octanol–water partition coefficient (Wildman–Crippen LogP) is 2.36. The summed E-state index contributed by atoms with van der Waals surface area (Å²) in [5.41, 5.74) is 3.26. The lowest BCUT2D eigenvalue weighted by Gasteiger charge is -2.32. The molecule has 1 unspecified atom stereocenters. The number of rotatable bonds is 5. The largest absolute Gasteiger partial charge is 0.342 e. The lowest BCUT2D eigenvalue weighted by Crippen LogP contribution is -2.35. The van der Waals surface area contributed by atoms with Crippen molar-refractivity contribution in [1.29, 1.82) is 0 Å². The highest BCUT2D eigenvalue weighted by molar-refractivity contribution is 5.32. The zero-order valence-corrected chi connectivity index (χ0v) is 16.0. The molecule has 2 aromatic rings. The van der Waals surface area contributed by atoms with E-state index >= 15 is 0 Å². The summed E-state index contributed by atoms with van der Waals surface area (Å²) >= 11 is 0. The van der Waals surface area contributed by atoms with Gasteiger partial charge in [0.05, 0.1) is 11.9 Å². The summed E-state index contributed by atoms with van der Waals surface area (Å²) < 4.78 is 1.82. The summed E-state index contributed by atoms with van der Waals surface area (Å²) in [4.78, 5) is 24.6. The van der Waals surface area contributed by atoms with Crippen molar-refractivity contribution in [2.45, 2.75) is 45.1 Å². The molecule has 0 bridgehead atoms. The maximum atomic E-state index is 12.2. The summed E-state index contributed by atoms with van der Waals surface area (Å²) in [6, 6.07) is 1.69. The van der Waals surface area contributed by atoms with Crippen molar-refractivity contribution in [3.05, 3.63) is 46.1 Å². The quantitative estimate of drug-likeness (QED) is 0.877. The van der Waals surface area contributed by atoms with Gasteiger partial charge in [-0.2, -0.15) is 5.10 Å². The number of anilines is 1. The molecule has 1 atom stereocenters. The summed E-state index contributed by atoms with van der Waals surface area (Å²) in [5, 5.41) is 4.35. The van der Waals surface area contributed by atoms with Crippen LogP contribution < -0.4 is 10.5 Å². The van der Waals surface area contributed by atoms with Crippen LogP contribution >= 0.6 is 0 Å². The Morgan fingerprint density at radius 1 is 1.30 bits per heavy atom. The van der Waals surface area contributed by atoms with Crippen molar-refractivity contribution in [3.8, 4) is 0 Å². The average molecular weight is 368 g/mol. The van der Waals surface area contributed by atoms with Crippen molar-refractivity contribution in [2.24, 2.45) is 0 Å². The third-order valence-electron chi connectivity index (χ3n) is 5.79. The summed E-state index contributed by atoms with van der Waals surface area (Å²) in [5.74, 6) is 1.05. The molecule has 4 heterocycles. The summed E-state index contributed by atoms with van der Waals surface area (Å²) in [7, 11) is 0. The number of nitrogens with one attached hydrogen (secondary N) is 1. The fourth-order valence-corrected chi connectivity index (χ4v) is 4.23. The van der Waals surface area contributed by atoms with Crippen molar-refractivity contribution in [2.75, 3.05) is 31.1 Å². The van der Waals surface area contributed by atoms with E-state index in [4.69, 9.17) is 4.98 Å². The SMILES string of the molecule is C=Cn1ncc(CN2CCCC(c3cc(=O)[nH]c(N4CCCC4)n3)C2)c1C. The van der Waals surface area contributed by atoms with Crippen LogP contribution in [-0.2, 0) is 6.54 Å². The maximum absolute atomic E-state index is 12.2. The molecular weight excluding hydrogens is 340 g/mol. The van der Waals surface area contributed by atoms with Crippen molar-refractivity contribution in [1.82, 2.24) is 24.6 Å². The second-order valence-electron chi connectivity index (χ2n) is 7.64. The minimum atomic E-state index is -0.0397. The van der Waals surface area contributed by atoms with E-state index in [-0.39, 0.29) is 5.56 Å². The normalized spacial score (nSPS) is 20.9. The molecule has 0 amide bonds. The minimum absolute atomic E-state index is 0.0397. The highest BCUT2D eigenvalue weighted by Crippen LogP contribution is 2.27. The highest BCUT2D eigenvalue weighted by atomic mass is 16.1. The Morgan fingerprint density at radius 3 is 2.85 bits per heavy atom. The van der Waals surface area contributed by atoms with E-state index in [1.54, 1.807) is 12.3 Å². The lowest BCUT2D eigenvalue weighted by molar-refractivity contribution is 0.198. The molecule has 2 aliphatic heterocycles. The molecule has 27 heavy (non-hydrogen) atoms. The predicted molar refractivity (Wildman–Crippen MR) is 107 cm³/mol. The highest BCUT2D eigenvalue weighted by Gasteiger charge is 2.25. The van der Waals surface area contributed by atoms with Crippen LogP contribution in [0.3, 0.4) is 0 Å². The van der Waals surface area contributed by atoms with Gasteiger partial charge in [-0.15, -0.1) is 0 Å². The van der Waals surface area contributed by atoms with Crippen LogP contribution in [0, 0.1) is 6.92 Å². The van der Waals surface area contributed by atoms with Gasteiger partial charge in [0.1, 0.15) is 0 Å². The van der Waals surface area contributed by atoms with Gasteiger partial charge < -0.3 is 4.90 Å². The van der Waals surface area contributed by atoms with Gasteiger partial charge >= 0.3 is 0 Å². The average Bonchev–Trinajstić information content (AvgIpc) is 3.32. The van der Waals surface area contributed by atoms with Crippen LogP contribution in [0.1, 0.15) is 48.6 Å². The number of piperidine rings is 1. The standard InChI is InChI=1S/C20H28N6O/c1-3-26-15(2)17(12-21-26)14-24-8-6-7-16(13-24)18-11-19(27)23-20(22-18)25-9-4-5-10-25/h3,11-12,16H,1,4-10,13-14H2,2H3,(H,22,23,27). The third-order valence-corrected chi connectivity index (χ3v) is 5.79. The third kappa shape index (κ3) is 3.83. The zero-order chi connectivity index (χ0) is 18.8. The molecule has 2 saturated heterocycles. The fraction of sp³-hybridized carbons (Fsp3) is 0.550. The Labute approximate surface area is 159 Å². The van der Waals surface area contributed by atoms with Gasteiger partial charge in [-0.25, -0.2) is 9.67 Å². The molecule has 2 fully saturated rings. The first-order valence-electron chi connectivity index (χ1n) is 9.88. The van der Waals surface area contributed by atoms with Gasteiger partial charge in [-0.1, -0.05) is 6.58 Å². The van der Waals surface area contributed by atoms with E-state index in [1.165, 1.54) is 18.4 Å². The molecule has 7 heteroatoms. The number of hydrogen-bond donors (Lipinski definition) is 1. The molecule has 0 radical (unpaired) electrons. The van der Waals surface area contributed by atoms with Gasteiger partial charge in [0.15, 0.2) is 0 Å². The molecular formula is C20H28N6O. The molecule has 0 spiro atoms. The Kier molecular flexibility index (Phi) is 5.11. The first-order chi connectivity index (χ1) is 13.1.